The number of aryl methyl sites for hydroxylation is 1. The van der Waals surface area contributed by atoms with E-state index in [2.05, 4.69) is 15.6 Å². The molecular weight excluding hydrogens is 613 g/mol. The van der Waals surface area contributed by atoms with Crippen LogP contribution in [0.5, 0.6) is 5.75 Å². The summed E-state index contributed by atoms with van der Waals surface area (Å²) in [6.45, 7) is 0.279. The summed E-state index contributed by atoms with van der Waals surface area (Å²) in [4.78, 5) is 54.6. The predicted molar refractivity (Wildman–Crippen MR) is 179 cm³/mol. The molecule has 4 N–H and O–H groups in total. The minimum atomic E-state index is -0.366. The van der Waals surface area contributed by atoms with Gasteiger partial charge in [0.25, 0.3) is 11.1 Å². The number of nitrogens with zero attached hydrogens (tertiary/aromatic N) is 3. The number of thiophene rings is 1. The largest absolute Gasteiger partial charge is 0.495 e. The van der Waals surface area contributed by atoms with Gasteiger partial charge in [-0.15, -0.1) is 11.3 Å². The fourth-order valence-corrected chi connectivity index (χ4v) is 7.02. The molecule has 4 heterocycles. The van der Waals surface area contributed by atoms with Crippen LogP contribution in [0.15, 0.2) is 66.2 Å². The molecule has 6 rings (SSSR count). The number of amides is 4. The van der Waals surface area contributed by atoms with Gasteiger partial charge in [-0.2, -0.15) is 0 Å². The van der Waals surface area contributed by atoms with Gasteiger partial charge in [0, 0.05) is 64.5 Å². The highest BCUT2D eigenvalue weighted by Gasteiger charge is 2.29. The lowest BCUT2D eigenvalue weighted by molar-refractivity contribution is -0.125. The Balaban J connectivity index is 1.20. The molecule has 1 aliphatic rings. The van der Waals surface area contributed by atoms with Gasteiger partial charge in [-0.3, -0.25) is 24.1 Å². The molecule has 1 saturated heterocycles. The summed E-state index contributed by atoms with van der Waals surface area (Å²) in [6.07, 6.45) is 4.63. The molecule has 1 fully saturated rings. The van der Waals surface area contributed by atoms with Crippen molar-refractivity contribution in [3.63, 3.8) is 0 Å². The van der Waals surface area contributed by atoms with Crippen molar-refractivity contribution < 1.29 is 23.9 Å². The number of imide groups is 1. The number of para-hydroxylation sites is 1. The third kappa shape index (κ3) is 5.87. The first-order valence-electron chi connectivity index (χ1n) is 13.9. The van der Waals surface area contributed by atoms with Crippen molar-refractivity contribution in [2.24, 2.45) is 7.05 Å². The van der Waals surface area contributed by atoms with Crippen molar-refractivity contribution >= 4 is 84.6 Å². The lowest BCUT2D eigenvalue weighted by Crippen LogP contribution is -2.37. The Morgan fingerprint density at radius 1 is 1.16 bits per heavy atom. The number of hydrogen-bond acceptors (Lipinski definition) is 9. The van der Waals surface area contributed by atoms with Gasteiger partial charge in [-0.05, 0) is 41.3 Å². The van der Waals surface area contributed by atoms with E-state index in [4.69, 9.17) is 10.5 Å². The van der Waals surface area contributed by atoms with Gasteiger partial charge in [-0.1, -0.05) is 36.0 Å². The van der Waals surface area contributed by atoms with Gasteiger partial charge in [-0.25, -0.2) is 4.98 Å². The zero-order valence-corrected chi connectivity index (χ0v) is 26.0. The van der Waals surface area contributed by atoms with Crippen molar-refractivity contribution in [1.82, 2.24) is 19.8 Å². The van der Waals surface area contributed by atoms with Gasteiger partial charge in [0.15, 0.2) is 0 Å². The van der Waals surface area contributed by atoms with Crippen LogP contribution in [0.2, 0.25) is 0 Å². The average molecular weight is 641 g/mol. The molecule has 2 aromatic carbocycles. The molecule has 0 bridgehead atoms. The SMILES string of the molecule is COc1cc(-c2csc3c(/C=C/C(=O)NCCN4C(=O)CSC4=O)cnc(N)c23)ccc1NC(=O)c1cc2ccccc2n1C. The molecule has 0 radical (unpaired) electrons. The molecule has 1 aliphatic heterocycles. The molecule has 13 heteroatoms. The van der Waals surface area contributed by atoms with Crippen molar-refractivity contribution in [3.8, 4) is 16.9 Å². The highest BCUT2D eigenvalue weighted by atomic mass is 32.2. The molecule has 0 spiro atoms. The molecule has 0 aliphatic carbocycles. The van der Waals surface area contributed by atoms with E-state index in [1.165, 1.54) is 17.4 Å². The number of ether oxygens (including phenoxy) is 1. The summed E-state index contributed by atoms with van der Waals surface area (Å²) in [5.74, 6) is 0.0779. The van der Waals surface area contributed by atoms with Gasteiger partial charge < -0.3 is 25.7 Å². The molecule has 0 unspecified atom stereocenters. The predicted octanol–water partition coefficient (Wildman–Crippen LogP) is 5.12. The Morgan fingerprint density at radius 3 is 2.73 bits per heavy atom. The smallest absolute Gasteiger partial charge is 0.288 e. The van der Waals surface area contributed by atoms with E-state index in [9.17, 15) is 19.2 Å². The summed E-state index contributed by atoms with van der Waals surface area (Å²) in [5, 5.41) is 9.04. The zero-order valence-electron chi connectivity index (χ0n) is 24.3. The van der Waals surface area contributed by atoms with E-state index in [1.807, 2.05) is 59.5 Å². The van der Waals surface area contributed by atoms with E-state index in [-0.39, 0.29) is 41.8 Å². The number of nitrogen functional groups attached to an aromatic ring is 1. The first kappa shape index (κ1) is 29.9. The number of rotatable bonds is 9. The first-order chi connectivity index (χ1) is 21.7. The van der Waals surface area contributed by atoms with Crippen molar-refractivity contribution in [3.05, 3.63) is 77.4 Å². The maximum absolute atomic E-state index is 13.2. The number of nitrogens with one attached hydrogen (secondary N) is 2. The summed E-state index contributed by atoms with van der Waals surface area (Å²) in [6, 6.07) is 15.2. The van der Waals surface area contributed by atoms with Crippen LogP contribution in [-0.2, 0) is 16.6 Å². The van der Waals surface area contributed by atoms with E-state index in [0.717, 1.165) is 48.8 Å². The Kier molecular flexibility index (Phi) is 8.28. The second kappa shape index (κ2) is 12.5. The monoisotopic (exact) mass is 640 g/mol. The number of methoxy groups -OCH3 is 1. The second-order valence-electron chi connectivity index (χ2n) is 10.2. The highest BCUT2D eigenvalue weighted by molar-refractivity contribution is 8.14. The lowest BCUT2D eigenvalue weighted by Gasteiger charge is -2.13. The number of pyridine rings is 1. The molecule has 4 amide bonds. The number of fused-ring (bicyclic) bond motifs is 2. The Bertz CT molecular complexity index is 2020. The van der Waals surface area contributed by atoms with Crippen LogP contribution in [0, 0.1) is 0 Å². The summed E-state index contributed by atoms with van der Waals surface area (Å²) in [5.41, 5.74) is 10.7. The van der Waals surface area contributed by atoms with Gasteiger partial charge in [0.05, 0.1) is 18.6 Å². The molecule has 0 saturated carbocycles. The Morgan fingerprint density at radius 2 is 1.98 bits per heavy atom. The summed E-state index contributed by atoms with van der Waals surface area (Å²) >= 11 is 2.42. The van der Waals surface area contributed by atoms with E-state index >= 15 is 0 Å². The fraction of sp³-hybridized carbons (Fsp3) is 0.156. The third-order valence-corrected chi connectivity index (χ3v) is 9.37. The van der Waals surface area contributed by atoms with Gasteiger partial charge >= 0.3 is 0 Å². The number of hydrogen-bond donors (Lipinski definition) is 3. The van der Waals surface area contributed by atoms with Crippen LogP contribution in [0.1, 0.15) is 16.1 Å². The lowest BCUT2D eigenvalue weighted by atomic mass is 10.0. The molecule has 45 heavy (non-hydrogen) atoms. The molecule has 228 valence electrons. The third-order valence-electron chi connectivity index (χ3n) is 7.49. The first-order valence-corrected chi connectivity index (χ1v) is 15.7. The van der Waals surface area contributed by atoms with Crippen molar-refractivity contribution in [2.75, 3.05) is 37.0 Å². The summed E-state index contributed by atoms with van der Waals surface area (Å²) in [7, 11) is 3.40. The number of carbonyl (C=O) groups excluding carboxylic acids is 4. The minimum absolute atomic E-state index is 0.126. The second-order valence-corrected chi connectivity index (χ2v) is 12.0. The number of nitrogens with two attached hydrogens (primary N) is 1. The van der Waals surface area contributed by atoms with E-state index in [1.54, 1.807) is 25.4 Å². The quantitative estimate of drug-likeness (QED) is 0.188. The van der Waals surface area contributed by atoms with Gasteiger partial charge in [0.2, 0.25) is 11.8 Å². The van der Waals surface area contributed by atoms with E-state index in [0.29, 0.717) is 28.5 Å². The number of benzene rings is 2. The summed E-state index contributed by atoms with van der Waals surface area (Å²) < 4.78 is 8.36. The normalized spacial score (nSPS) is 13.3. The Labute approximate surface area is 266 Å². The van der Waals surface area contributed by atoms with E-state index < -0.39 is 0 Å². The van der Waals surface area contributed by atoms with Crippen molar-refractivity contribution in [2.45, 2.75) is 0 Å². The number of carbonyl (C=O) groups is 4. The average Bonchev–Trinajstić information content (AvgIpc) is 3.73. The molecule has 11 nitrogen and oxygen atoms in total. The molecular formula is C32H28N6O5S2. The van der Waals surface area contributed by atoms with Crippen molar-refractivity contribution in [1.29, 1.82) is 0 Å². The topological polar surface area (TPSA) is 149 Å². The molecule has 5 aromatic rings. The van der Waals surface area contributed by atoms with Crippen LogP contribution < -0.4 is 21.1 Å². The highest BCUT2D eigenvalue weighted by Crippen LogP contribution is 2.41. The molecule has 0 atom stereocenters. The zero-order chi connectivity index (χ0) is 31.7. The van der Waals surface area contributed by atoms with Crippen LogP contribution >= 0.6 is 23.1 Å². The molecule has 3 aromatic heterocycles. The van der Waals surface area contributed by atoms with Gasteiger partial charge in [0.1, 0.15) is 17.3 Å². The maximum atomic E-state index is 13.2. The minimum Gasteiger partial charge on any atom is -0.495 e. The number of thioether (sulfide) groups is 1. The number of aromatic nitrogens is 2. The fourth-order valence-electron chi connectivity index (χ4n) is 5.19. The van der Waals surface area contributed by atoms with Crippen LogP contribution in [0.25, 0.3) is 38.2 Å². The number of anilines is 2. The Hall–Kier alpha value is -5.14. The van der Waals surface area contributed by atoms with Crippen LogP contribution in [0.4, 0.5) is 16.3 Å². The maximum Gasteiger partial charge on any atom is 0.288 e. The van der Waals surface area contributed by atoms with Crippen LogP contribution in [0.3, 0.4) is 0 Å². The van der Waals surface area contributed by atoms with Crippen LogP contribution in [-0.4, -0.2) is 63.4 Å². The standard InChI is InChI=1S/C32H28N6O5S2/c1-37-23-6-4-3-5-19(23)13-24(37)31(41)36-22-9-7-18(14-25(22)43-2)21-16-44-29-20(15-35-30(33)28(21)29)8-10-26(39)34-11-12-38-27(40)17-45-32(38)42/h3-10,13-16H,11-12,17H2,1-2H3,(H2,33,35)(H,34,39)(H,36,41)/b10-8+.